The summed E-state index contributed by atoms with van der Waals surface area (Å²) in [4.78, 5) is 21.1. The van der Waals surface area contributed by atoms with Crippen LogP contribution in [0.15, 0.2) is 95.8 Å². The Morgan fingerprint density at radius 3 is 1.70 bits per heavy atom. The molecular formula is C24H21N3O3. The van der Waals surface area contributed by atoms with Gasteiger partial charge in [-0.3, -0.25) is 0 Å². The highest BCUT2D eigenvalue weighted by Crippen LogP contribution is 2.14. The number of nitrogens with zero attached hydrogens (tertiary/aromatic N) is 3. The average Bonchev–Trinajstić information content (AvgIpc) is 2.80. The second-order valence-electron chi connectivity index (χ2n) is 6.69. The molecule has 30 heavy (non-hydrogen) atoms. The first-order chi connectivity index (χ1) is 14.8. The Morgan fingerprint density at radius 1 is 0.633 bits per heavy atom. The van der Waals surface area contributed by atoms with Gasteiger partial charge in [-0.15, -0.1) is 9.97 Å². The predicted octanol–water partition coefficient (Wildman–Crippen LogP) is 3.84. The SMILES string of the molecule is O=c1nc(OCc2ccccc2)nc(OCc2ccccc2)n1Cc1ccccc1. The van der Waals surface area contributed by atoms with Gasteiger partial charge in [-0.05, 0) is 16.7 Å². The standard InChI is InChI=1S/C24H21N3O3/c28-23-25-22(29-17-20-12-6-2-7-13-20)26-24(30-18-21-14-8-3-9-15-21)27(23)16-19-10-4-1-5-11-19/h1-15H,16-18H2. The Kier molecular flexibility index (Phi) is 6.15. The maximum absolute atomic E-state index is 12.7. The second kappa shape index (κ2) is 9.52. The van der Waals surface area contributed by atoms with Crippen LogP contribution in [0.3, 0.4) is 0 Å². The van der Waals surface area contributed by atoms with E-state index in [9.17, 15) is 4.79 Å². The quantitative estimate of drug-likeness (QED) is 0.450. The molecule has 0 bridgehead atoms. The molecule has 0 saturated heterocycles. The Hall–Kier alpha value is -3.93. The third-order valence-corrected chi connectivity index (χ3v) is 4.45. The van der Waals surface area contributed by atoms with Crippen molar-refractivity contribution in [1.29, 1.82) is 0 Å². The van der Waals surface area contributed by atoms with Gasteiger partial charge >= 0.3 is 17.7 Å². The summed E-state index contributed by atoms with van der Waals surface area (Å²) in [6.45, 7) is 0.855. The number of rotatable bonds is 8. The van der Waals surface area contributed by atoms with Crippen molar-refractivity contribution in [3.05, 3.63) is 118 Å². The molecule has 0 unspecified atom stereocenters. The van der Waals surface area contributed by atoms with Crippen LogP contribution in [0.25, 0.3) is 0 Å². The molecule has 1 aromatic heterocycles. The van der Waals surface area contributed by atoms with E-state index in [0.29, 0.717) is 6.54 Å². The first kappa shape index (κ1) is 19.4. The van der Waals surface area contributed by atoms with Gasteiger partial charge in [0.1, 0.15) is 13.2 Å². The fraction of sp³-hybridized carbons (Fsp3) is 0.125. The van der Waals surface area contributed by atoms with Gasteiger partial charge in [0.15, 0.2) is 0 Å². The maximum atomic E-state index is 12.7. The highest BCUT2D eigenvalue weighted by molar-refractivity contribution is 5.18. The van der Waals surface area contributed by atoms with Crippen molar-refractivity contribution in [3.8, 4) is 12.0 Å². The highest BCUT2D eigenvalue weighted by atomic mass is 16.5. The molecule has 4 rings (SSSR count). The second-order valence-corrected chi connectivity index (χ2v) is 6.69. The van der Waals surface area contributed by atoms with Crippen LogP contribution < -0.4 is 15.2 Å². The van der Waals surface area contributed by atoms with Crippen LogP contribution in [-0.4, -0.2) is 14.5 Å². The zero-order valence-electron chi connectivity index (χ0n) is 16.3. The molecule has 0 aliphatic heterocycles. The van der Waals surface area contributed by atoms with Crippen molar-refractivity contribution < 1.29 is 9.47 Å². The zero-order valence-corrected chi connectivity index (χ0v) is 16.3. The van der Waals surface area contributed by atoms with Crippen LogP contribution in [0.2, 0.25) is 0 Å². The van der Waals surface area contributed by atoms with E-state index >= 15 is 0 Å². The van der Waals surface area contributed by atoms with E-state index in [0.717, 1.165) is 16.7 Å². The van der Waals surface area contributed by atoms with Crippen LogP contribution in [0, 0.1) is 0 Å². The molecule has 0 atom stereocenters. The number of benzene rings is 3. The number of hydrogen-bond acceptors (Lipinski definition) is 5. The third-order valence-electron chi connectivity index (χ3n) is 4.45. The summed E-state index contributed by atoms with van der Waals surface area (Å²) < 4.78 is 13.0. The lowest BCUT2D eigenvalue weighted by molar-refractivity contribution is 0.234. The van der Waals surface area contributed by atoms with Crippen molar-refractivity contribution >= 4 is 0 Å². The first-order valence-electron chi connectivity index (χ1n) is 9.64. The number of hydrogen-bond donors (Lipinski definition) is 0. The Balaban J connectivity index is 1.59. The molecule has 4 aromatic rings. The normalized spacial score (nSPS) is 10.5. The van der Waals surface area contributed by atoms with E-state index in [1.54, 1.807) is 0 Å². The smallest absolute Gasteiger partial charge is 0.356 e. The van der Waals surface area contributed by atoms with E-state index in [1.165, 1.54) is 4.57 Å². The molecule has 0 aliphatic rings. The summed E-state index contributed by atoms with van der Waals surface area (Å²) >= 11 is 0. The lowest BCUT2D eigenvalue weighted by Gasteiger charge is -2.14. The minimum Gasteiger partial charge on any atom is -0.460 e. The molecular weight excluding hydrogens is 378 g/mol. The number of aromatic nitrogens is 3. The Bertz CT molecular complexity index is 1130. The average molecular weight is 399 g/mol. The first-order valence-corrected chi connectivity index (χ1v) is 9.64. The minimum atomic E-state index is -0.472. The largest absolute Gasteiger partial charge is 0.460 e. The molecule has 6 nitrogen and oxygen atoms in total. The van der Waals surface area contributed by atoms with Crippen molar-refractivity contribution in [2.75, 3.05) is 0 Å². The van der Waals surface area contributed by atoms with Crippen molar-refractivity contribution in [1.82, 2.24) is 14.5 Å². The molecule has 0 saturated carbocycles. The number of ether oxygens (including phenoxy) is 2. The van der Waals surface area contributed by atoms with E-state index in [1.807, 2.05) is 91.0 Å². The lowest BCUT2D eigenvalue weighted by Crippen LogP contribution is -2.27. The van der Waals surface area contributed by atoms with Gasteiger partial charge in [0.25, 0.3) is 0 Å². The molecule has 6 heteroatoms. The molecule has 0 amide bonds. The van der Waals surface area contributed by atoms with Gasteiger partial charge in [0.05, 0.1) is 6.54 Å². The summed E-state index contributed by atoms with van der Waals surface area (Å²) in [7, 11) is 0. The molecule has 0 N–H and O–H groups in total. The van der Waals surface area contributed by atoms with Gasteiger partial charge in [0.2, 0.25) is 0 Å². The van der Waals surface area contributed by atoms with Gasteiger partial charge in [-0.1, -0.05) is 91.0 Å². The molecule has 0 aliphatic carbocycles. The lowest BCUT2D eigenvalue weighted by atomic mass is 10.2. The van der Waals surface area contributed by atoms with Crippen molar-refractivity contribution in [2.45, 2.75) is 19.8 Å². The van der Waals surface area contributed by atoms with E-state index in [2.05, 4.69) is 9.97 Å². The van der Waals surface area contributed by atoms with Crippen LogP contribution in [0.4, 0.5) is 0 Å². The topological polar surface area (TPSA) is 66.2 Å². The van der Waals surface area contributed by atoms with Gasteiger partial charge in [-0.2, -0.15) is 0 Å². The van der Waals surface area contributed by atoms with Crippen molar-refractivity contribution in [3.63, 3.8) is 0 Å². The van der Waals surface area contributed by atoms with Gasteiger partial charge < -0.3 is 9.47 Å². The fourth-order valence-corrected chi connectivity index (χ4v) is 2.91. The van der Waals surface area contributed by atoms with Crippen molar-refractivity contribution in [2.24, 2.45) is 0 Å². The summed E-state index contributed by atoms with van der Waals surface area (Å²) in [5.41, 5.74) is 2.41. The van der Waals surface area contributed by atoms with E-state index in [4.69, 9.17) is 9.47 Å². The van der Waals surface area contributed by atoms with Crippen LogP contribution in [-0.2, 0) is 19.8 Å². The van der Waals surface area contributed by atoms with Gasteiger partial charge in [-0.25, -0.2) is 9.36 Å². The third kappa shape index (κ3) is 5.11. The van der Waals surface area contributed by atoms with E-state index < -0.39 is 5.69 Å². The molecule has 0 spiro atoms. The van der Waals surface area contributed by atoms with Crippen LogP contribution in [0.1, 0.15) is 16.7 Å². The predicted molar refractivity (Wildman–Crippen MR) is 113 cm³/mol. The van der Waals surface area contributed by atoms with Gasteiger partial charge in [0, 0.05) is 0 Å². The highest BCUT2D eigenvalue weighted by Gasteiger charge is 2.14. The molecule has 3 aromatic carbocycles. The molecule has 0 radical (unpaired) electrons. The summed E-state index contributed by atoms with van der Waals surface area (Å²) in [6, 6.07) is 29.2. The summed E-state index contributed by atoms with van der Waals surface area (Å²) in [6.07, 6.45) is 0. The zero-order chi connectivity index (χ0) is 20.6. The van der Waals surface area contributed by atoms with Crippen LogP contribution >= 0.6 is 0 Å². The summed E-state index contributed by atoms with van der Waals surface area (Å²) in [5.74, 6) is 0. The molecule has 1 heterocycles. The molecule has 150 valence electrons. The van der Waals surface area contributed by atoms with E-state index in [-0.39, 0.29) is 25.2 Å². The Morgan fingerprint density at radius 2 is 1.13 bits per heavy atom. The van der Waals surface area contributed by atoms with Crippen LogP contribution in [0.5, 0.6) is 12.0 Å². The fourth-order valence-electron chi connectivity index (χ4n) is 2.91. The Labute approximate surface area is 174 Å². The monoisotopic (exact) mass is 399 g/mol. The maximum Gasteiger partial charge on any atom is 0.356 e. The molecule has 0 fully saturated rings. The summed E-state index contributed by atoms with van der Waals surface area (Å²) in [5, 5.41) is 0. The minimum absolute atomic E-state index is 0.00349.